The predicted molar refractivity (Wildman–Crippen MR) is 35.7 cm³/mol. The molecule has 3 nitrogen and oxygen atoms in total. The van der Waals surface area contributed by atoms with Gasteiger partial charge in [0.05, 0.1) is 12.3 Å². The number of oxime groups is 1. The Morgan fingerprint density at radius 2 is 2.00 bits per heavy atom. The molecule has 0 aromatic carbocycles. The van der Waals surface area contributed by atoms with Gasteiger partial charge in [-0.1, -0.05) is 13.8 Å². The number of hydrogen-bond acceptors (Lipinski definition) is 3. The van der Waals surface area contributed by atoms with Crippen LogP contribution in [0.25, 0.3) is 0 Å². The molecule has 0 radical (unpaired) electrons. The summed E-state index contributed by atoms with van der Waals surface area (Å²) >= 11 is 0. The molecule has 0 saturated carbocycles. The van der Waals surface area contributed by atoms with Crippen LogP contribution in [0.5, 0.6) is 0 Å². The van der Waals surface area contributed by atoms with E-state index in [9.17, 15) is 0 Å². The number of hydrogen-bond donors (Lipinski definition) is 2. The summed E-state index contributed by atoms with van der Waals surface area (Å²) in [6.45, 7) is 5.23. The number of aliphatic hydroxyl groups is 1. The predicted octanol–water partition coefficient (Wildman–Crippen LogP) is 0.853. The lowest BCUT2D eigenvalue weighted by molar-refractivity contribution is 0.112. The van der Waals surface area contributed by atoms with E-state index in [2.05, 4.69) is 5.16 Å². The van der Waals surface area contributed by atoms with Gasteiger partial charge in [0.15, 0.2) is 0 Å². The third-order valence-corrected chi connectivity index (χ3v) is 1.47. The summed E-state index contributed by atoms with van der Waals surface area (Å²) in [6, 6.07) is 0. The third-order valence-electron chi connectivity index (χ3n) is 1.47. The van der Waals surface area contributed by atoms with Crippen LogP contribution in [0.15, 0.2) is 5.16 Å². The Bertz CT molecular complexity index is 108. The van der Waals surface area contributed by atoms with Gasteiger partial charge in [0.1, 0.15) is 0 Å². The van der Waals surface area contributed by atoms with Crippen molar-refractivity contribution in [1.82, 2.24) is 0 Å². The monoisotopic (exact) mass is 131 g/mol. The maximum atomic E-state index is 9.01. The van der Waals surface area contributed by atoms with E-state index in [1.807, 2.05) is 0 Å². The molecule has 0 spiro atoms. The van der Waals surface area contributed by atoms with E-state index in [0.717, 1.165) is 0 Å². The van der Waals surface area contributed by atoms with E-state index in [1.54, 1.807) is 20.8 Å². The molecular weight excluding hydrogens is 118 g/mol. The van der Waals surface area contributed by atoms with Gasteiger partial charge < -0.3 is 10.3 Å². The van der Waals surface area contributed by atoms with E-state index in [4.69, 9.17) is 10.3 Å². The van der Waals surface area contributed by atoms with Crippen LogP contribution in [0.3, 0.4) is 0 Å². The highest BCUT2D eigenvalue weighted by molar-refractivity contribution is 5.64. The molecule has 3 heteroatoms. The summed E-state index contributed by atoms with van der Waals surface area (Å²) in [7, 11) is 0. The molecule has 0 rings (SSSR count). The molecule has 0 aliphatic rings. The van der Waals surface area contributed by atoms with Gasteiger partial charge in [-0.15, -0.1) is 5.16 Å². The molecule has 0 heterocycles. The summed E-state index contributed by atoms with van der Waals surface area (Å²) in [6.07, 6.45) is 0.825. The van der Waals surface area contributed by atoms with Crippen molar-refractivity contribution in [1.29, 1.82) is 0 Å². The zero-order valence-corrected chi connectivity index (χ0v) is 6.00. The molecule has 0 bridgehead atoms. The second kappa shape index (κ2) is 2.82. The molecule has 1 atom stereocenters. The molecule has 1 unspecified atom stereocenters. The Morgan fingerprint density at radius 1 is 1.56 bits per heavy atom. The molecule has 2 N–H and O–H groups in total. The van der Waals surface area contributed by atoms with Crippen LogP contribution in [0, 0.1) is 5.41 Å². The van der Waals surface area contributed by atoms with Crippen LogP contribution < -0.4 is 0 Å². The molecule has 0 aromatic rings. The van der Waals surface area contributed by atoms with Crippen molar-refractivity contribution in [3.63, 3.8) is 0 Å². The minimum absolute atomic E-state index is 0.436. The lowest BCUT2D eigenvalue weighted by Crippen LogP contribution is -2.27. The first kappa shape index (κ1) is 8.43. The Labute approximate surface area is 55.0 Å². The normalized spacial score (nSPS) is 16.4. The fourth-order valence-electron chi connectivity index (χ4n) is 0.257. The van der Waals surface area contributed by atoms with E-state index in [1.165, 1.54) is 6.21 Å². The summed E-state index contributed by atoms with van der Waals surface area (Å²) in [4.78, 5) is 0. The molecule has 0 aromatic heterocycles. The second-order valence-corrected chi connectivity index (χ2v) is 2.74. The Hall–Kier alpha value is -0.570. The Kier molecular flexibility index (Phi) is 2.65. The van der Waals surface area contributed by atoms with Crippen molar-refractivity contribution in [3.05, 3.63) is 0 Å². The standard InChI is InChI=1S/C6H13NO2/c1-5(8)6(2,3)4-7-9/h4-5,8-9H,1-3H3/b7-4+. The van der Waals surface area contributed by atoms with Crippen LogP contribution in [0.4, 0.5) is 0 Å². The third kappa shape index (κ3) is 2.46. The van der Waals surface area contributed by atoms with Gasteiger partial charge in [-0.2, -0.15) is 0 Å². The quantitative estimate of drug-likeness (QED) is 0.331. The van der Waals surface area contributed by atoms with Crippen LogP contribution in [-0.2, 0) is 0 Å². The van der Waals surface area contributed by atoms with Crippen LogP contribution in [-0.4, -0.2) is 22.6 Å². The molecule has 54 valence electrons. The second-order valence-electron chi connectivity index (χ2n) is 2.74. The summed E-state index contributed by atoms with van der Waals surface area (Å²) in [5, 5.41) is 20.0. The lowest BCUT2D eigenvalue weighted by atomic mass is 9.89. The highest BCUT2D eigenvalue weighted by Crippen LogP contribution is 2.16. The molecule has 0 fully saturated rings. The number of aliphatic hydroxyl groups excluding tert-OH is 1. The maximum Gasteiger partial charge on any atom is 0.0613 e. The minimum Gasteiger partial charge on any atom is -0.411 e. The van der Waals surface area contributed by atoms with Crippen molar-refractivity contribution < 1.29 is 10.3 Å². The largest absolute Gasteiger partial charge is 0.411 e. The number of rotatable bonds is 2. The van der Waals surface area contributed by atoms with Gasteiger partial charge in [-0.25, -0.2) is 0 Å². The maximum absolute atomic E-state index is 9.01. The van der Waals surface area contributed by atoms with Gasteiger partial charge in [0.25, 0.3) is 0 Å². The first-order valence-corrected chi connectivity index (χ1v) is 2.87. The van der Waals surface area contributed by atoms with Gasteiger partial charge in [-0.05, 0) is 6.92 Å². The SMILES string of the molecule is CC(O)C(C)(C)/C=N/O. The van der Waals surface area contributed by atoms with Gasteiger partial charge in [0.2, 0.25) is 0 Å². The van der Waals surface area contributed by atoms with Crippen molar-refractivity contribution in [3.8, 4) is 0 Å². The first-order chi connectivity index (χ1) is 4.00. The van der Waals surface area contributed by atoms with Gasteiger partial charge in [0, 0.05) is 5.41 Å². The molecule has 0 aliphatic heterocycles. The minimum atomic E-state index is -0.492. The van der Waals surface area contributed by atoms with E-state index >= 15 is 0 Å². The summed E-state index contributed by atoms with van der Waals surface area (Å²) < 4.78 is 0. The Balaban J connectivity index is 4.01. The van der Waals surface area contributed by atoms with Crippen LogP contribution in [0.1, 0.15) is 20.8 Å². The average molecular weight is 131 g/mol. The lowest BCUT2D eigenvalue weighted by Gasteiger charge is -2.21. The van der Waals surface area contributed by atoms with Gasteiger partial charge >= 0.3 is 0 Å². The van der Waals surface area contributed by atoms with Crippen molar-refractivity contribution in [2.45, 2.75) is 26.9 Å². The summed E-state index contributed by atoms with van der Waals surface area (Å²) in [5.74, 6) is 0. The van der Waals surface area contributed by atoms with Crippen LogP contribution in [0.2, 0.25) is 0 Å². The smallest absolute Gasteiger partial charge is 0.0613 e. The fourth-order valence-corrected chi connectivity index (χ4v) is 0.257. The number of nitrogens with zero attached hydrogens (tertiary/aromatic N) is 1. The molecular formula is C6H13NO2. The average Bonchev–Trinajstić information content (AvgIpc) is 1.65. The van der Waals surface area contributed by atoms with Crippen molar-refractivity contribution in [2.24, 2.45) is 10.6 Å². The summed E-state index contributed by atoms with van der Waals surface area (Å²) in [5.41, 5.74) is -0.436. The molecule has 0 amide bonds. The topological polar surface area (TPSA) is 52.8 Å². The fraction of sp³-hybridized carbons (Fsp3) is 0.833. The van der Waals surface area contributed by atoms with Gasteiger partial charge in [-0.3, -0.25) is 0 Å². The highest BCUT2D eigenvalue weighted by Gasteiger charge is 2.21. The van der Waals surface area contributed by atoms with E-state index in [0.29, 0.717) is 0 Å². The van der Waals surface area contributed by atoms with E-state index < -0.39 is 11.5 Å². The Morgan fingerprint density at radius 3 is 2.11 bits per heavy atom. The molecule has 0 saturated heterocycles. The zero-order valence-electron chi connectivity index (χ0n) is 6.00. The highest BCUT2D eigenvalue weighted by atomic mass is 16.4. The van der Waals surface area contributed by atoms with Crippen LogP contribution >= 0.6 is 0 Å². The zero-order chi connectivity index (χ0) is 7.49. The van der Waals surface area contributed by atoms with E-state index in [-0.39, 0.29) is 0 Å². The first-order valence-electron chi connectivity index (χ1n) is 2.87. The molecule has 9 heavy (non-hydrogen) atoms. The molecule has 0 aliphatic carbocycles. The van der Waals surface area contributed by atoms with Crippen molar-refractivity contribution in [2.75, 3.05) is 0 Å². The van der Waals surface area contributed by atoms with Crippen molar-refractivity contribution >= 4 is 6.21 Å².